The van der Waals surface area contributed by atoms with Gasteiger partial charge in [-0.05, 0) is 6.92 Å². The van der Waals surface area contributed by atoms with Crippen LogP contribution in [0.1, 0.15) is 6.92 Å². The van der Waals surface area contributed by atoms with E-state index in [9.17, 15) is 14.4 Å². The van der Waals surface area contributed by atoms with E-state index in [4.69, 9.17) is 35.0 Å². The number of rotatable bonds is 10. The van der Waals surface area contributed by atoms with Gasteiger partial charge in [0, 0.05) is 17.7 Å². The normalized spacial score (nSPS) is 8.12. The Morgan fingerprint density at radius 1 is 0.808 bits per heavy atom. The maximum absolute atomic E-state index is 9.60. The third-order valence-electron chi connectivity index (χ3n) is 1.56. The molecule has 0 aromatic carbocycles. The topological polar surface area (TPSA) is 171 Å². The fraction of sp³-hybridized carbons (Fsp3) is 0.438. The molecule has 0 radical (unpaired) electrons. The second-order valence-corrected chi connectivity index (χ2v) is 3.84. The van der Waals surface area contributed by atoms with E-state index in [0.717, 1.165) is 12.2 Å². The molecule has 0 aliphatic rings. The van der Waals surface area contributed by atoms with Gasteiger partial charge < -0.3 is 35.0 Å². The molecule has 10 nitrogen and oxygen atoms in total. The van der Waals surface area contributed by atoms with E-state index in [2.05, 4.69) is 19.7 Å². The second-order valence-electron chi connectivity index (χ2n) is 3.84. The molecule has 0 aromatic heterocycles. The van der Waals surface area contributed by atoms with Crippen molar-refractivity contribution in [2.75, 3.05) is 39.6 Å². The standard InChI is InChI=1S/C6H14O4.C4H6O2.2C3H4O2/c7-1-3-9-5-6-10-4-2-8;1-3(2)4(5)6;2*1-2-3(4)5/h7-8H,1-6H2;1H2,2H3,(H,5,6);2*2H,1H2,(H,4,5). The van der Waals surface area contributed by atoms with Gasteiger partial charge in [-0.25, -0.2) is 14.4 Å². The van der Waals surface area contributed by atoms with E-state index in [1.807, 2.05) is 0 Å². The molecule has 26 heavy (non-hydrogen) atoms. The van der Waals surface area contributed by atoms with E-state index >= 15 is 0 Å². The summed E-state index contributed by atoms with van der Waals surface area (Å²) in [6.45, 7) is 12.3. The van der Waals surface area contributed by atoms with Gasteiger partial charge in [0.2, 0.25) is 0 Å². The van der Waals surface area contributed by atoms with Crippen LogP contribution in [0, 0.1) is 0 Å². The number of carboxylic acids is 3. The van der Waals surface area contributed by atoms with Crippen molar-refractivity contribution in [3.63, 3.8) is 0 Å². The number of aliphatic carboxylic acids is 3. The molecule has 152 valence electrons. The van der Waals surface area contributed by atoms with Crippen LogP contribution >= 0.6 is 0 Å². The fourth-order valence-electron chi connectivity index (χ4n) is 0.451. The van der Waals surface area contributed by atoms with Gasteiger partial charge >= 0.3 is 17.9 Å². The van der Waals surface area contributed by atoms with Gasteiger partial charge in [0.05, 0.1) is 39.6 Å². The first-order valence-electron chi connectivity index (χ1n) is 7.07. The molecule has 0 fully saturated rings. The Hall–Kier alpha value is -2.53. The van der Waals surface area contributed by atoms with Crippen molar-refractivity contribution >= 4 is 17.9 Å². The predicted molar refractivity (Wildman–Crippen MR) is 93.9 cm³/mol. The number of hydrogen-bond donors (Lipinski definition) is 5. The predicted octanol–water partition coefficient (Wildman–Crippen LogP) is 0.165. The molecule has 0 aliphatic carbocycles. The van der Waals surface area contributed by atoms with Gasteiger partial charge in [-0.1, -0.05) is 19.7 Å². The number of ether oxygens (including phenoxy) is 2. The lowest BCUT2D eigenvalue weighted by Crippen LogP contribution is -2.09. The molecule has 0 amide bonds. The van der Waals surface area contributed by atoms with E-state index in [1.165, 1.54) is 6.92 Å². The van der Waals surface area contributed by atoms with Crippen molar-refractivity contribution < 1.29 is 49.4 Å². The second kappa shape index (κ2) is 27.3. The zero-order valence-electron chi connectivity index (χ0n) is 14.8. The highest BCUT2D eigenvalue weighted by Gasteiger charge is 1.90. The summed E-state index contributed by atoms with van der Waals surface area (Å²) in [4.78, 5) is 28.1. The molecular weight excluding hydrogens is 352 g/mol. The van der Waals surface area contributed by atoms with Gasteiger partial charge in [0.25, 0.3) is 0 Å². The highest BCUT2D eigenvalue weighted by Crippen LogP contribution is 1.81. The molecule has 0 heterocycles. The Kier molecular flexibility index (Phi) is 32.9. The molecule has 0 bridgehead atoms. The largest absolute Gasteiger partial charge is 0.478 e. The highest BCUT2D eigenvalue weighted by atomic mass is 16.5. The monoisotopic (exact) mass is 380 g/mol. The zero-order valence-corrected chi connectivity index (χ0v) is 14.8. The summed E-state index contributed by atoms with van der Waals surface area (Å²) in [5.41, 5.74) is 0.176. The summed E-state index contributed by atoms with van der Waals surface area (Å²) in [6, 6.07) is 0. The Morgan fingerprint density at radius 3 is 1.15 bits per heavy atom. The molecule has 5 N–H and O–H groups in total. The van der Waals surface area contributed by atoms with E-state index in [0.29, 0.717) is 26.4 Å². The van der Waals surface area contributed by atoms with Crippen LogP contribution in [-0.2, 0) is 23.9 Å². The zero-order chi connectivity index (χ0) is 21.4. The summed E-state index contributed by atoms with van der Waals surface area (Å²) in [7, 11) is 0. The molecular formula is C16H28O10. The van der Waals surface area contributed by atoms with Crippen LogP contribution in [0.25, 0.3) is 0 Å². The van der Waals surface area contributed by atoms with Gasteiger partial charge in [-0.15, -0.1) is 0 Å². The number of hydrogen-bond acceptors (Lipinski definition) is 7. The minimum Gasteiger partial charge on any atom is -0.478 e. The fourth-order valence-corrected chi connectivity index (χ4v) is 0.451. The first-order valence-corrected chi connectivity index (χ1v) is 7.07. The van der Waals surface area contributed by atoms with Crippen LogP contribution in [0.5, 0.6) is 0 Å². The van der Waals surface area contributed by atoms with Crippen LogP contribution in [0.3, 0.4) is 0 Å². The van der Waals surface area contributed by atoms with Crippen molar-refractivity contribution in [2.24, 2.45) is 0 Å². The summed E-state index contributed by atoms with van der Waals surface area (Å²) in [5.74, 6) is -2.90. The maximum Gasteiger partial charge on any atom is 0.330 e. The highest BCUT2D eigenvalue weighted by molar-refractivity contribution is 5.84. The number of carbonyl (C=O) groups is 3. The Balaban J connectivity index is -0.000000131. The minimum atomic E-state index is -0.981. The van der Waals surface area contributed by atoms with E-state index in [-0.39, 0.29) is 18.8 Å². The van der Waals surface area contributed by atoms with Crippen LogP contribution in [-0.4, -0.2) is 83.1 Å². The number of aliphatic hydroxyl groups is 2. The van der Waals surface area contributed by atoms with Crippen LogP contribution in [0.15, 0.2) is 37.5 Å². The quantitative estimate of drug-likeness (QED) is 0.260. The first-order chi connectivity index (χ1) is 12.1. The molecule has 10 heteroatoms. The average molecular weight is 380 g/mol. The summed E-state index contributed by atoms with van der Waals surface area (Å²) in [6.07, 6.45) is 1.67. The van der Waals surface area contributed by atoms with E-state index < -0.39 is 17.9 Å². The third kappa shape index (κ3) is 57.9. The number of aliphatic hydroxyl groups excluding tert-OH is 2. The summed E-state index contributed by atoms with van der Waals surface area (Å²) >= 11 is 0. The molecule has 0 unspecified atom stereocenters. The molecule has 0 rings (SSSR count). The smallest absolute Gasteiger partial charge is 0.330 e. The van der Waals surface area contributed by atoms with Crippen molar-refractivity contribution in [3.8, 4) is 0 Å². The van der Waals surface area contributed by atoms with Crippen molar-refractivity contribution in [3.05, 3.63) is 37.5 Å². The van der Waals surface area contributed by atoms with Gasteiger partial charge in [0.15, 0.2) is 0 Å². The molecule has 0 spiro atoms. The number of carboxylic acid groups (broad SMARTS) is 3. The van der Waals surface area contributed by atoms with Gasteiger partial charge in [0.1, 0.15) is 0 Å². The van der Waals surface area contributed by atoms with Crippen molar-refractivity contribution in [2.45, 2.75) is 6.92 Å². The average Bonchev–Trinajstić information content (AvgIpc) is 2.59. The molecule has 0 atom stereocenters. The summed E-state index contributed by atoms with van der Waals surface area (Å²) < 4.78 is 9.75. The summed E-state index contributed by atoms with van der Waals surface area (Å²) in [5, 5.41) is 39.6. The van der Waals surface area contributed by atoms with Crippen LogP contribution < -0.4 is 0 Å². The lowest BCUT2D eigenvalue weighted by Gasteiger charge is -2.01. The van der Waals surface area contributed by atoms with E-state index in [1.54, 1.807) is 0 Å². The first kappa shape index (κ1) is 31.3. The Labute approximate surface area is 152 Å². The molecule has 0 saturated heterocycles. The molecule has 0 saturated carbocycles. The third-order valence-corrected chi connectivity index (χ3v) is 1.56. The van der Waals surface area contributed by atoms with Crippen LogP contribution in [0.2, 0.25) is 0 Å². The SMILES string of the molecule is C=C(C)C(=O)O.C=CC(=O)O.C=CC(=O)O.OCCOCCOCCO. The Bertz CT molecular complexity index is 366. The van der Waals surface area contributed by atoms with Crippen LogP contribution in [0.4, 0.5) is 0 Å². The maximum atomic E-state index is 9.60. The molecule has 0 aromatic rings. The Morgan fingerprint density at radius 2 is 1.04 bits per heavy atom. The van der Waals surface area contributed by atoms with Gasteiger partial charge in [-0.3, -0.25) is 0 Å². The lowest BCUT2D eigenvalue weighted by molar-refractivity contribution is -0.133. The van der Waals surface area contributed by atoms with Crippen molar-refractivity contribution in [1.29, 1.82) is 0 Å². The van der Waals surface area contributed by atoms with Crippen molar-refractivity contribution in [1.82, 2.24) is 0 Å². The minimum absolute atomic E-state index is 0.0417. The van der Waals surface area contributed by atoms with Gasteiger partial charge in [-0.2, -0.15) is 0 Å². The molecule has 0 aliphatic heterocycles. The lowest BCUT2D eigenvalue weighted by atomic mass is 10.4.